The van der Waals surface area contributed by atoms with Gasteiger partial charge in [-0.3, -0.25) is 4.79 Å². The van der Waals surface area contributed by atoms with Gasteiger partial charge in [0, 0.05) is 6.54 Å². The van der Waals surface area contributed by atoms with Crippen LogP contribution in [0.4, 0.5) is 0 Å². The second-order valence-corrected chi connectivity index (χ2v) is 4.83. The Kier molecular flexibility index (Phi) is 3.82. The fourth-order valence-electron chi connectivity index (χ4n) is 2.85. The number of amides is 1. The molecule has 0 aromatic carbocycles. The van der Waals surface area contributed by atoms with Crippen molar-refractivity contribution in [2.45, 2.75) is 57.2 Å². The van der Waals surface area contributed by atoms with Crippen LogP contribution in [0.15, 0.2) is 0 Å². The normalized spacial score (nSPS) is 31.2. The molecule has 0 radical (unpaired) electrons. The summed E-state index contributed by atoms with van der Waals surface area (Å²) in [6.45, 7) is 3.45. The summed E-state index contributed by atoms with van der Waals surface area (Å²) in [6.07, 6.45) is 5.36. The van der Waals surface area contributed by atoms with Gasteiger partial charge in [0.25, 0.3) is 0 Å². The Morgan fingerprint density at radius 3 is 3.12 bits per heavy atom. The van der Waals surface area contributed by atoms with Crippen LogP contribution in [0.25, 0.3) is 0 Å². The molecule has 2 N–H and O–H groups in total. The lowest BCUT2D eigenvalue weighted by Gasteiger charge is -2.38. The molecule has 2 aliphatic rings. The number of nitrogens with zero attached hydrogens (tertiary/aromatic N) is 1. The first-order chi connectivity index (χ1) is 7.74. The van der Waals surface area contributed by atoms with Crippen LogP contribution in [0, 0.1) is 0 Å². The van der Waals surface area contributed by atoms with E-state index < -0.39 is 0 Å². The molecule has 2 rings (SSSR count). The standard InChI is InChI=1S/C12H22N2O2/c1-2-4-9(13)12(15)14-7-8-16-11-6-3-5-10(11)14/h9-11H,2-8,13H2,1H3/t9-,10?,11?/m0/s1. The third kappa shape index (κ3) is 2.23. The van der Waals surface area contributed by atoms with Gasteiger partial charge in [0.2, 0.25) is 5.91 Å². The lowest BCUT2D eigenvalue weighted by atomic mass is 10.1. The maximum absolute atomic E-state index is 12.2. The van der Waals surface area contributed by atoms with E-state index in [-0.39, 0.29) is 18.1 Å². The number of morpholine rings is 1. The topological polar surface area (TPSA) is 55.6 Å². The van der Waals surface area contributed by atoms with Gasteiger partial charge in [-0.25, -0.2) is 0 Å². The van der Waals surface area contributed by atoms with Crippen LogP contribution in [-0.2, 0) is 9.53 Å². The Hall–Kier alpha value is -0.610. The minimum atomic E-state index is -0.315. The average Bonchev–Trinajstić information content (AvgIpc) is 2.76. The molecular formula is C12H22N2O2. The Balaban J connectivity index is 1.99. The van der Waals surface area contributed by atoms with Crippen molar-refractivity contribution < 1.29 is 9.53 Å². The quantitative estimate of drug-likeness (QED) is 0.777. The largest absolute Gasteiger partial charge is 0.374 e. The first-order valence-corrected chi connectivity index (χ1v) is 6.41. The fraction of sp³-hybridized carbons (Fsp3) is 0.917. The Labute approximate surface area is 97.1 Å². The van der Waals surface area contributed by atoms with E-state index in [1.807, 2.05) is 4.90 Å². The summed E-state index contributed by atoms with van der Waals surface area (Å²) >= 11 is 0. The zero-order valence-corrected chi connectivity index (χ0v) is 10.0. The molecule has 1 saturated heterocycles. The van der Waals surface area contributed by atoms with Crippen LogP contribution in [0.1, 0.15) is 39.0 Å². The van der Waals surface area contributed by atoms with Crippen molar-refractivity contribution in [1.82, 2.24) is 4.90 Å². The second kappa shape index (κ2) is 5.15. The Bertz CT molecular complexity index is 257. The first-order valence-electron chi connectivity index (χ1n) is 6.41. The summed E-state index contributed by atoms with van der Waals surface area (Å²) in [5.74, 6) is 0.127. The number of hydrogen-bond acceptors (Lipinski definition) is 3. The fourth-order valence-corrected chi connectivity index (χ4v) is 2.85. The Morgan fingerprint density at radius 1 is 1.56 bits per heavy atom. The predicted molar refractivity (Wildman–Crippen MR) is 62.0 cm³/mol. The van der Waals surface area contributed by atoms with E-state index in [2.05, 4.69) is 6.92 Å². The maximum Gasteiger partial charge on any atom is 0.239 e. The molecule has 1 saturated carbocycles. The van der Waals surface area contributed by atoms with Crippen molar-refractivity contribution in [2.24, 2.45) is 5.73 Å². The molecule has 2 fully saturated rings. The van der Waals surface area contributed by atoms with E-state index >= 15 is 0 Å². The van der Waals surface area contributed by atoms with Crippen molar-refractivity contribution in [1.29, 1.82) is 0 Å². The zero-order chi connectivity index (χ0) is 11.5. The molecule has 1 amide bonds. The highest BCUT2D eigenvalue weighted by atomic mass is 16.5. The summed E-state index contributed by atoms with van der Waals surface area (Å²) < 4.78 is 5.69. The average molecular weight is 226 g/mol. The first kappa shape index (κ1) is 11.9. The molecule has 1 aliphatic carbocycles. The Morgan fingerprint density at radius 2 is 2.38 bits per heavy atom. The number of carbonyl (C=O) groups excluding carboxylic acids is 1. The van der Waals surface area contributed by atoms with Gasteiger partial charge < -0.3 is 15.4 Å². The van der Waals surface area contributed by atoms with Crippen LogP contribution >= 0.6 is 0 Å². The maximum atomic E-state index is 12.2. The number of carbonyl (C=O) groups is 1. The second-order valence-electron chi connectivity index (χ2n) is 4.83. The molecule has 4 heteroatoms. The van der Waals surface area contributed by atoms with E-state index in [1.165, 1.54) is 6.42 Å². The van der Waals surface area contributed by atoms with E-state index in [9.17, 15) is 4.79 Å². The van der Waals surface area contributed by atoms with Gasteiger partial charge in [-0.15, -0.1) is 0 Å². The summed E-state index contributed by atoms with van der Waals surface area (Å²) in [7, 11) is 0. The van der Waals surface area contributed by atoms with Crippen molar-refractivity contribution >= 4 is 5.91 Å². The van der Waals surface area contributed by atoms with Gasteiger partial charge >= 0.3 is 0 Å². The van der Waals surface area contributed by atoms with Crippen LogP contribution in [0.3, 0.4) is 0 Å². The lowest BCUT2D eigenvalue weighted by Crippen LogP contribution is -2.55. The third-order valence-corrected chi connectivity index (χ3v) is 3.68. The molecule has 4 nitrogen and oxygen atoms in total. The summed E-state index contributed by atoms with van der Waals surface area (Å²) in [5.41, 5.74) is 5.91. The predicted octanol–water partition coefficient (Wildman–Crippen LogP) is 0.894. The van der Waals surface area contributed by atoms with Gasteiger partial charge in [0.1, 0.15) is 0 Å². The summed E-state index contributed by atoms with van der Waals surface area (Å²) in [6, 6.07) is -0.0199. The van der Waals surface area contributed by atoms with Gasteiger partial charge in [0.15, 0.2) is 0 Å². The highest BCUT2D eigenvalue weighted by Gasteiger charge is 2.39. The summed E-state index contributed by atoms with van der Waals surface area (Å²) in [5, 5.41) is 0. The number of ether oxygens (including phenoxy) is 1. The molecule has 0 spiro atoms. The number of rotatable bonds is 3. The van der Waals surface area contributed by atoms with Crippen LogP contribution in [-0.4, -0.2) is 42.1 Å². The highest BCUT2D eigenvalue weighted by Crippen LogP contribution is 2.30. The molecule has 3 atom stereocenters. The number of nitrogens with two attached hydrogens (primary N) is 1. The minimum Gasteiger partial charge on any atom is -0.374 e. The van der Waals surface area contributed by atoms with Crippen molar-refractivity contribution in [3.63, 3.8) is 0 Å². The highest BCUT2D eigenvalue weighted by molar-refractivity contribution is 5.82. The van der Waals surface area contributed by atoms with E-state index in [1.54, 1.807) is 0 Å². The van der Waals surface area contributed by atoms with Gasteiger partial charge in [-0.2, -0.15) is 0 Å². The van der Waals surface area contributed by atoms with Crippen molar-refractivity contribution in [3.8, 4) is 0 Å². The van der Waals surface area contributed by atoms with Crippen molar-refractivity contribution in [2.75, 3.05) is 13.2 Å². The molecular weight excluding hydrogens is 204 g/mol. The molecule has 0 bridgehead atoms. The van der Waals surface area contributed by atoms with Crippen LogP contribution in [0.2, 0.25) is 0 Å². The lowest BCUT2D eigenvalue weighted by molar-refractivity contribution is -0.145. The zero-order valence-electron chi connectivity index (χ0n) is 10.0. The van der Waals surface area contributed by atoms with Crippen molar-refractivity contribution in [3.05, 3.63) is 0 Å². The van der Waals surface area contributed by atoms with Crippen LogP contribution in [0.5, 0.6) is 0 Å². The SMILES string of the molecule is CCC[C@H](N)C(=O)N1CCOC2CCCC21. The smallest absolute Gasteiger partial charge is 0.239 e. The van der Waals surface area contributed by atoms with E-state index in [0.717, 1.165) is 32.2 Å². The number of hydrogen-bond donors (Lipinski definition) is 1. The van der Waals surface area contributed by atoms with E-state index in [0.29, 0.717) is 12.6 Å². The molecule has 0 aromatic rings. The van der Waals surface area contributed by atoms with E-state index in [4.69, 9.17) is 10.5 Å². The molecule has 0 aromatic heterocycles. The van der Waals surface area contributed by atoms with Gasteiger partial charge in [-0.05, 0) is 25.7 Å². The third-order valence-electron chi connectivity index (χ3n) is 3.68. The molecule has 2 unspecified atom stereocenters. The monoisotopic (exact) mass is 226 g/mol. The summed E-state index contributed by atoms with van der Waals surface area (Å²) in [4.78, 5) is 14.1. The van der Waals surface area contributed by atoms with Crippen LogP contribution < -0.4 is 5.73 Å². The molecule has 92 valence electrons. The molecule has 1 heterocycles. The van der Waals surface area contributed by atoms with Gasteiger partial charge in [0.05, 0.1) is 24.8 Å². The van der Waals surface area contributed by atoms with Gasteiger partial charge in [-0.1, -0.05) is 13.3 Å². The minimum absolute atomic E-state index is 0.127. The molecule has 1 aliphatic heterocycles. The number of fused-ring (bicyclic) bond motifs is 1. The molecule has 16 heavy (non-hydrogen) atoms.